The van der Waals surface area contributed by atoms with Crippen LogP contribution in [-0.4, -0.2) is 7.05 Å². The first-order valence-electron chi connectivity index (χ1n) is 5.83. The summed E-state index contributed by atoms with van der Waals surface area (Å²) in [5, 5.41) is 0. The van der Waals surface area contributed by atoms with Crippen molar-refractivity contribution in [3.8, 4) is 0 Å². The zero-order chi connectivity index (χ0) is 12.1. The van der Waals surface area contributed by atoms with E-state index in [1.54, 1.807) is 0 Å². The van der Waals surface area contributed by atoms with Crippen LogP contribution in [0.15, 0.2) is 54.6 Å². The molecule has 0 saturated heterocycles. The largest absolute Gasteiger partial charge is 0.370 e. The number of anilines is 1. The van der Waals surface area contributed by atoms with Gasteiger partial charge in [0.1, 0.15) is 0 Å². The van der Waals surface area contributed by atoms with Crippen molar-refractivity contribution < 1.29 is 0 Å². The summed E-state index contributed by atoms with van der Waals surface area (Å²) in [4.78, 5) is 2.23. The van der Waals surface area contributed by atoms with Gasteiger partial charge in [-0.15, -0.1) is 0 Å². The van der Waals surface area contributed by atoms with Gasteiger partial charge >= 0.3 is 0 Å². The van der Waals surface area contributed by atoms with Crippen LogP contribution in [0.25, 0.3) is 0 Å². The van der Waals surface area contributed by atoms with Crippen molar-refractivity contribution in [1.29, 1.82) is 0 Å². The van der Waals surface area contributed by atoms with E-state index in [4.69, 9.17) is 5.73 Å². The zero-order valence-electron chi connectivity index (χ0n) is 10.1. The first-order valence-corrected chi connectivity index (χ1v) is 5.83. The quantitative estimate of drug-likeness (QED) is 0.868. The molecule has 0 radical (unpaired) electrons. The fourth-order valence-electron chi connectivity index (χ4n) is 1.84. The number of nitrogens with two attached hydrogens (primary N) is 1. The Hall–Kier alpha value is -1.80. The van der Waals surface area contributed by atoms with Crippen molar-refractivity contribution >= 4 is 5.69 Å². The summed E-state index contributed by atoms with van der Waals surface area (Å²) < 4.78 is 0. The van der Waals surface area contributed by atoms with E-state index in [1.165, 1.54) is 16.8 Å². The molecule has 0 fully saturated rings. The van der Waals surface area contributed by atoms with E-state index in [9.17, 15) is 0 Å². The van der Waals surface area contributed by atoms with E-state index in [0.29, 0.717) is 6.54 Å². The molecule has 0 amide bonds. The van der Waals surface area contributed by atoms with Crippen molar-refractivity contribution in [3.63, 3.8) is 0 Å². The lowest BCUT2D eigenvalue weighted by molar-refractivity contribution is 0.921. The summed E-state index contributed by atoms with van der Waals surface area (Å²) in [5.41, 5.74) is 9.29. The molecule has 0 atom stereocenters. The summed E-state index contributed by atoms with van der Waals surface area (Å²) in [6, 6.07) is 18.9. The first-order chi connectivity index (χ1) is 8.29. The molecule has 0 bridgehead atoms. The van der Waals surface area contributed by atoms with Crippen LogP contribution in [0.4, 0.5) is 5.69 Å². The van der Waals surface area contributed by atoms with Crippen molar-refractivity contribution in [2.45, 2.75) is 13.1 Å². The second-order valence-electron chi connectivity index (χ2n) is 4.21. The Balaban J connectivity index is 2.06. The molecule has 0 aliphatic carbocycles. The summed E-state index contributed by atoms with van der Waals surface area (Å²) in [5.74, 6) is 0. The second-order valence-corrected chi connectivity index (χ2v) is 4.21. The van der Waals surface area contributed by atoms with Crippen molar-refractivity contribution in [2.24, 2.45) is 5.73 Å². The molecular weight excluding hydrogens is 208 g/mol. The molecule has 2 aromatic carbocycles. The van der Waals surface area contributed by atoms with Gasteiger partial charge in [0.25, 0.3) is 0 Å². The van der Waals surface area contributed by atoms with Gasteiger partial charge in [0.05, 0.1) is 0 Å². The van der Waals surface area contributed by atoms with Gasteiger partial charge in [-0.2, -0.15) is 0 Å². The Kier molecular flexibility index (Phi) is 3.78. The van der Waals surface area contributed by atoms with Crippen LogP contribution in [0.3, 0.4) is 0 Å². The van der Waals surface area contributed by atoms with Gasteiger partial charge in [-0.1, -0.05) is 42.5 Å². The predicted octanol–water partition coefficient (Wildman–Crippen LogP) is 2.78. The highest BCUT2D eigenvalue weighted by Crippen LogP contribution is 2.16. The molecule has 2 N–H and O–H groups in total. The minimum atomic E-state index is 0.600. The summed E-state index contributed by atoms with van der Waals surface area (Å²) in [6.45, 7) is 1.52. The monoisotopic (exact) mass is 226 g/mol. The van der Waals surface area contributed by atoms with Crippen LogP contribution in [-0.2, 0) is 13.1 Å². The summed E-state index contributed by atoms with van der Waals surface area (Å²) in [7, 11) is 2.10. The third-order valence-corrected chi connectivity index (χ3v) is 2.88. The highest BCUT2D eigenvalue weighted by Gasteiger charge is 2.01. The molecule has 17 heavy (non-hydrogen) atoms. The number of rotatable bonds is 4. The average molecular weight is 226 g/mol. The number of hydrogen-bond donors (Lipinski definition) is 1. The van der Waals surface area contributed by atoms with E-state index >= 15 is 0 Å². The molecule has 0 unspecified atom stereocenters. The Labute approximate surface area is 103 Å². The maximum Gasteiger partial charge on any atom is 0.0426 e. The van der Waals surface area contributed by atoms with Gasteiger partial charge < -0.3 is 10.6 Å². The van der Waals surface area contributed by atoms with Crippen molar-refractivity contribution in [2.75, 3.05) is 11.9 Å². The number of benzene rings is 2. The fraction of sp³-hybridized carbons (Fsp3) is 0.200. The van der Waals surface area contributed by atoms with E-state index < -0.39 is 0 Å². The molecule has 0 saturated carbocycles. The normalized spacial score (nSPS) is 10.2. The molecule has 0 spiro atoms. The Morgan fingerprint density at radius 2 is 1.53 bits per heavy atom. The molecule has 0 aliphatic rings. The van der Waals surface area contributed by atoms with Gasteiger partial charge in [0.2, 0.25) is 0 Å². The minimum Gasteiger partial charge on any atom is -0.370 e. The number of hydrogen-bond acceptors (Lipinski definition) is 2. The lowest BCUT2D eigenvalue weighted by Gasteiger charge is -2.19. The van der Waals surface area contributed by atoms with Crippen LogP contribution < -0.4 is 10.6 Å². The fourth-order valence-corrected chi connectivity index (χ4v) is 1.84. The van der Waals surface area contributed by atoms with E-state index in [2.05, 4.69) is 60.5 Å². The van der Waals surface area contributed by atoms with Gasteiger partial charge in [0.15, 0.2) is 0 Å². The third-order valence-electron chi connectivity index (χ3n) is 2.88. The standard InChI is InChI=1S/C15H18N2/c1-17(12-14-5-3-2-4-6-14)15-9-7-13(11-16)8-10-15/h2-10H,11-12,16H2,1H3. The second kappa shape index (κ2) is 5.51. The molecule has 2 nitrogen and oxygen atoms in total. The van der Waals surface area contributed by atoms with E-state index in [0.717, 1.165) is 6.54 Å². The zero-order valence-corrected chi connectivity index (χ0v) is 10.1. The molecule has 0 heterocycles. The van der Waals surface area contributed by atoms with Crippen LogP contribution >= 0.6 is 0 Å². The summed E-state index contributed by atoms with van der Waals surface area (Å²) in [6.07, 6.45) is 0. The SMILES string of the molecule is CN(Cc1ccccc1)c1ccc(CN)cc1. The molecule has 2 rings (SSSR count). The maximum absolute atomic E-state index is 5.59. The van der Waals surface area contributed by atoms with Gasteiger partial charge in [0, 0.05) is 25.8 Å². The minimum absolute atomic E-state index is 0.600. The van der Waals surface area contributed by atoms with E-state index in [1.807, 2.05) is 6.07 Å². The molecule has 0 aromatic heterocycles. The molecule has 2 aromatic rings. The molecular formula is C15H18N2. The topological polar surface area (TPSA) is 29.3 Å². The van der Waals surface area contributed by atoms with Gasteiger partial charge in [-0.05, 0) is 23.3 Å². The Morgan fingerprint density at radius 3 is 2.12 bits per heavy atom. The number of nitrogens with zero attached hydrogens (tertiary/aromatic N) is 1. The van der Waals surface area contributed by atoms with E-state index in [-0.39, 0.29) is 0 Å². The van der Waals surface area contributed by atoms with Crippen molar-refractivity contribution in [1.82, 2.24) is 0 Å². The highest BCUT2D eigenvalue weighted by molar-refractivity contribution is 5.47. The third kappa shape index (κ3) is 3.08. The van der Waals surface area contributed by atoms with Crippen LogP contribution in [0.1, 0.15) is 11.1 Å². The first kappa shape index (κ1) is 11.7. The highest BCUT2D eigenvalue weighted by atomic mass is 15.1. The van der Waals surface area contributed by atoms with Crippen LogP contribution in [0, 0.1) is 0 Å². The van der Waals surface area contributed by atoms with Crippen LogP contribution in [0.2, 0.25) is 0 Å². The molecule has 2 heteroatoms. The smallest absolute Gasteiger partial charge is 0.0426 e. The van der Waals surface area contributed by atoms with Gasteiger partial charge in [-0.3, -0.25) is 0 Å². The Bertz CT molecular complexity index is 448. The lowest BCUT2D eigenvalue weighted by Crippen LogP contribution is -2.16. The van der Waals surface area contributed by atoms with Crippen molar-refractivity contribution in [3.05, 3.63) is 65.7 Å². The Morgan fingerprint density at radius 1 is 0.882 bits per heavy atom. The molecule has 88 valence electrons. The maximum atomic E-state index is 5.59. The summed E-state index contributed by atoms with van der Waals surface area (Å²) >= 11 is 0. The van der Waals surface area contributed by atoms with Gasteiger partial charge in [-0.25, -0.2) is 0 Å². The lowest BCUT2D eigenvalue weighted by atomic mass is 10.1. The molecule has 0 aliphatic heterocycles. The average Bonchev–Trinajstić information content (AvgIpc) is 2.40. The van der Waals surface area contributed by atoms with Crippen LogP contribution in [0.5, 0.6) is 0 Å². The predicted molar refractivity (Wildman–Crippen MR) is 72.9 cm³/mol.